The largest absolute Gasteiger partial charge is 0.469 e. The summed E-state index contributed by atoms with van der Waals surface area (Å²) in [7, 11) is -4.26. The van der Waals surface area contributed by atoms with Gasteiger partial charge < -0.3 is 9.47 Å². The number of hydrogen-bond acceptors (Lipinski definition) is 9. The number of aryl methyl sites for hydroxylation is 2. The quantitative estimate of drug-likeness (QED) is 0.210. The molecule has 1 unspecified atom stereocenters. The highest BCUT2D eigenvalue weighted by Gasteiger charge is 2.52. The van der Waals surface area contributed by atoms with Gasteiger partial charge in [-0.25, -0.2) is 17.8 Å². The molecule has 0 aromatic carbocycles. The summed E-state index contributed by atoms with van der Waals surface area (Å²) in [5.41, 5.74) is 1.39. The summed E-state index contributed by atoms with van der Waals surface area (Å²) < 4.78 is 95.3. The molecule has 0 bridgehead atoms. The third kappa shape index (κ3) is 5.72. The van der Waals surface area contributed by atoms with E-state index >= 15 is 0 Å². The lowest BCUT2D eigenvalue weighted by atomic mass is 9.89. The highest BCUT2D eigenvalue weighted by Crippen LogP contribution is 2.46. The number of nitrogens with zero attached hydrogens (tertiary/aromatic N) is 6. The van der Waals surface area contributed by atoms with Gasteiger partial charge in [0, 0.05) is 23.9 Å². The minimum Gasteiger partial charge on any atom is -0.469 e. The molecule has 1 saturated carbocycles. The number of halogens is 4. The summed E-state index contributed by atoms with van der Waals surface area (Å²) in [5.74, 6) is -3.50. The van der Waals surface area contributed by atoms with Crippen molar-refractivity contribution in [3.63, 3.8) is 0 Å². The van der Waals surface area contributed by atoms with Crippen molar-refractivity contribution in [2.75, 3.05) is 13.2 Å². The maximum absolute atomic E-state index is 14.1. The van der Waals surface area contributed by atoms with E-state index in [1.807, 2.05) is 0 Å². The van der Waals surface area contributed by atoms with Crippen LogP contribution in [0.2, 0.25) is 0 Å². The molecule has 238 valence electrons. The molecule has 1 aliphatic heterocycles. The van der Waals surface area contributed by atoms with Crippen molar-refractivity contribution >= 4 is 21.6 Å². The molecule has 45 heavy (non-hydrogen) atoms. The highest BCUT2D eigenvalue weighted by atomic mass is 32.2. The Morgan fingerprint density at radius 1 is 1.18 bits per heavy atom. The zero-order chi connectivity index (χ0) is 32.3. The first-order valence-corrected chi connectivity index (χ1v) is 15.5. The van der Waals surface area contributed by atoms with E-state index in [1.54, 1.807) is 32.9 Å². The molecule has 4 aromatic heterocycles. The molecule has 1 atom stereocenters. The van der Waals surface area contributed by atoms with Crippen LogP contribution in [0.3, 0.4) is 0 Å². The summed E-state index contributed by atoms with van der Waals surface area (Å²) in [6.07, 6.45) is -1.65. The molecule has 1 fully saturated rings. The molecular weight excluding hydrogens is 620 g/mol. The second-order valence-corrected chi connectivity index (χ2v) is 13.1. The van der Waals surface area contributed by atoms with Gasteiger partial charge in [0.05, 0.1) is 38.0 Å². The lowest BCUT2D eigenvalue weighted by Gasteiger charge is -2.24. The Balaban J connectivity index is 1.41. The van der Waals surface area contributed by atoms with Crippen molar-refractivity contribution < 1.29 is 40.2 Å². The standard InChI is InChI=1S/C29H28F4N6O5S/c1-4-43-24(40)12-20(19-7-10-39-25(17(19)3)36-37-27(39)29(31,32)33)21-6-5-16(2)22(35-21)14-38-15-28(8-9-28)44-26-23(45(38,41)42)11-18(30)13-34-26/h5-7,10-11,13,20H,4,8-9,12,14-15H2,1-3H3. The molecule has 0 amide bonds. The van der Waals surface area contributed by atoms with Gasteiger partial charge in [0.15, 0.2) is 5.65 Å². The second kappa shape index (κ2) is 11.0. The van der Waals surface area contributed by atoms with Crippen LogP contribution in [0.25, 0.3) is 5.65 Å². The molecule has 1 spiro atoms. The van der Waals surface area contributed by atoms with Gasteiger partial charge in [-0.05, 0) is 62.4 Å². The fraction of sp³-hybridized carbons (Fsp3) is 0.414. The number of carbonyl (C=O) groups is 1. The van der Waals surface area contributed by atoms with E-state index < -0.39 is 45.3 Å². The van der Waals surface area contributed by atoms with Gasteiger partial charge in [-0.2, -0.15) is 17.5 Å². The summed E-state index contributed by atoms with van der Waals surface area (Å²) in [4.78, 5) is 21.1. The van der Waals surface area contributed by atoms with E-state index in [9.17, 15) is 30.8 Å². The van der Waals surface area contributed by atoms with Crippen LogP contribution in [-0.4, -0.2) is 62.0 Å². The van der Waals surface area contributed by atoms with E-state index in [4.69, 9.17) is 14.5 Å². The minimum atomic E-state index is -4.73. The number of fused-ring (bicyclic) bond motifs is 2. The molecule has 0 saturated heterocycles. The van der Waals surface area contributed by atoms with Crippen LogP contribution in [0.4, 0.5) is 17.6 Å². The van der Waals surface area contributed by atoms with Gasteiger partial charge in [-0.15, -0.1) is 10.2 Å². The van der Waals surface area contributed by atoms with Gasteiger partial charge in [0.25, 0.3) is 0 Å². The van der Waals surface area contributed by atoms with Crippen LogP contribution in [0.5, 0.6) is 5.88 Å². The average molecular weight is 649 g/mol. The third-order valence-electron chi connectivity index (χ3n) is 8.07. The third-order valence-corrected chi connectivity index (χ3v) is 9.85. The fourth-order valence-corrected chi connectivity index (χ4v) is 7.08. The van der Waals surface area contributed by atoms with E-state index in [1.165, 1.54) is 16.6 Å². The van der Waals surface area contributed by atoms with Gasteiger partial charge in [-0.1, -0.05) is 6.07 Å². The highest BCUT2D eigenvalue weighted by molar-refractivity contribution is 7.89. The monoisotopic (exact) mass is 648 g/mol. The van der Waals surface area contributed by atoms with Gasteiger partial charge in [-0.3, -0.25) is 14.2 Å². The molecule has 4 aromatic rings. The average Bonchev–Trinajstić information content (AvgIpc) is 3.58. The van der Waals surface area contributed by atoms with E-state index in [2.05, 4.69) is 15.2 Å². The Hall–Kier alpha value is -4.18. The topological polar surface area (TPSA) is 129 Å². The van der Waals surface area contributed by atoms with Crippen molar-refractivity contribution in [3.05, 3.63) is 76.4 Å². The lowest BCUT2D eigenvalue weighted by Crippen LogP contribution is -2.38. The number of carbonyl (C=O) groups excluding carboxylic acids is 1. The van der Waals surface area contributed by atoms with Crippen LogP contribution in [0, 0.1) is 19.7 Å². The maximum Gasteiger partial charge on any atom is 0.452 e. The normalized spacial score (nSPS) is 17.8. The molecule has 0 radical (unpaired) electrons. The van der Waals surface area contributed by atoms with Crippen LogP contribution in [0.1, 0.15) is 66.0 Å². The first-order valence-electron chi connectivity index (χ1n) is 14.1. The van der Waals surface area contributed by atoms with Crippen LogP contribution < -0.4 is 4.74 Å². The van der Waals surface area contributed by atoms with Gasteiger partial charge >= 0.3 is 12.1 Å². The molecule has 1 aliphatic carbocycles. The Bertz CT molecular complexity index is 1930. The van der Waals surface area contributed by atoms with Gasteiger partial charge in [0.2, 0.25) is 21.7 Å². The van der Waals surface area contributed by atoms with Crippen molar-refractivity contribution in [1.82, 2.24) is 28.9 Å². The Labute approximate surface area is 255 Å². The SMILES string of the molecule is CCOC(=O)CC(c1ccc(C)c(CN2CC3(CC3)Oc3ncc(F)cc3S2(=O)=O)n1)c1ccn2c(C(F)(F)F)nnc2c1C. The van der Waals surface area contributed by atoms with E-state index in [-0.39, 0.29) is 42.5 Å². The smallest absolute Gasteiger partial charge is 0.452 e. The number of ether oxygens (including phenoxy) is 2. The summed E-state index contributed by atoms with van der Waals surface area (Å²) in [6, 6.07) is 5.74. The Morgan fingerprint density at radius 2 is 1.93 bits per heavy atom. The van der Waals surface area contributed by atoms with Crippen molar-refractivity contribution in [2.24, 2.45) is 0 Å². The molecule has 2 aliphatic rings. The first-order chi connectivity index (χ1) is 21.2. The van der Waals surface area contributed by atoms with E-state index in [0.29, 0.717) is 40.9 Å². The van der Waals surface area contributed by atoms with Crippen LogP contribution >= 0.6 is 0 Å². The number of hydrogen-bond donors (Lipinski definition) is 0. The minimum absolute atomic E-state index is 0.00485. The zero-order valence-corrected chi connectivity index (χ0v) is 25.2. The molecule has 6 rings (SSSR count). The summed E-state index contributed by atoms with van der Waals surface area (Å²) >= 11 is 0. The van der Waals surface area contributed by atoms with Crippen molar-refractivity contribution in [3.8, 4) is 5.88 Å². The van der Waals surface area contributed by atoms with Crippen LogP contribution in [-0.2, 0) is 32.3 Å². The van der Waals surface area contributed by atoms with Crippen molar-refractivity contribution in [1.29, 1.82) is 0 Å². The predicted molar refractivity (Wildman–Crippen MR) is 149 cm³/mol. The molecule has 11 nitrogen and oxygen atoms in total. The number of rotatable bonds is 7. The molecular formula is C29H28F4N6O5S. The predicted octanol–water partition coefficient (Wildman–Crippen LogP) is 4.50. The Morgan fingerprint density at radius 3 is 2.62 bits per heavy atom. The summed E-state index contributed by atoms with van der Waals surface area (Å²) in [6.45, 7) is 4.90. The molecule has 5 heterocycles. The number of alkyl halides is 3. The fourth-order valence-electron chi connectivity index (χ4n) is 5.53. The first kappa shape index (κ1) is 30.8. The summed E-state index contributed by atoms with van der Waals surface area (Å²) in [5, 5.41) is 7.08. The number of sulfonamides is 1. The zero-order valence-electron chi connectivity index (χ0n) is 24.4. The van der Waals surface area contributed by atoms with Crippen LogP contribution in [0.15, 0.2) is 41.6 Å². The van der Waals surface area contributed by atoms with Gasteiger partial charge in [0.1, 0.15) is 16.3 Å². The number of aromatic nitrogens is 5. The maximum atomic E-state index is 14.1. The second-order valence-electron chi connectivity index (χ2n) is 11.2. The molecule has 16 heteroatoms. The van der Waals surface area contributed by atoms with Crippen molar-refractivity contribution in [2.45, 2.75) is 69.2 Å². The van der Waals surface area contributed by atoms with E-state index in [0.717, 1.165) is 16.7 Å². The molecule has 0 N–H and O–H groups in total. The number of esters is 1. The lowest BCUT2D eigenvalue weighted by molar-refractivity contribution is -0.145. The number of pyridine rings is 3. The Kier molecular flexibility index (Phi) is 7.54.